The van der Waals surface area contributed by atoms with E-state index in [4.69, 9.17) is 0 Å². The molecule has 1 heterocycles. The number of hydrogen-bond donors (Lipinski definition) is 1. The summed E-state index contributed by atoms with van der Waals surface area (Å²) in [5, 5.41) is 12.3. The van der Waals surface area contributed by atoms with Crippen LogP contribution in [0.25, 0.3) is 0 Å². The van der Waals surface area contributed by atoms with Gasteiger partial charge in [-0.05, 0) is 6.42 Å². The van der Waals surface area contributed by atoms with Gasteiger partial charge in [0.1, 0.15) is 0 Å². The van der Waals surface area contributed by atoms with Crippen LogP contribution >= 0.6 is 0 Å². The normalized spacial score (nSPS) is 25.0. The highest BCUT2D eigenvalue weighted by Gasteiger charge is 2.16. The van der Waals surface area contributed by atoms with Crippen LogP contribution in [0.15, 0.2) is 0 Å². The summed E-state index contributed by atoms with van der Waals surface area (Å²) in [6, 6.07) is 0.554. The Morgan fingerprint density at radius 3 is 3.00 bits per heavy atom. The highest BCUT2D eigenvalue weighted by Crippen LogP contribution is 2.03. The Balaban J connectivity index is 2.07. The van der Waals surface area contributed by atoms with E-state index in [1.165, 1.54) is 12.8 Å². The Labute approximate surface area is 60.4 Å². The van der Waals surface area contributed by atoms with Gasteiger partial charge in [-0.15, -0.1) is 0 Å². The molecule has 0 aromatic carbocycles. The first-order chi connectivity index (χ1) is 4.79. The summed E-state index contributed by atoms with van der Waals surface area (Å²) in [5.41, 5.74) is 0. The summed E-state index contributed by atoms with van der Waals surface area (Å²) in [6.07, 6.45) is 3.41. The average molecular weight is 143 g/mol. The first-order valence-electron chi connectivity index (χ1n) is 3.82. The molecular weight excluding hydrogens is 130 g/mol. The first-order valence-corrected chi connectivity index (χ1v) is 3.82. The van der Waals surface area contributed by atoms with Crippen LogP contribution in [-0.4, -0.2) is 18.6 Å². The summed E-state index contributed by atoms with van der Waals surface area (Å²) in [7, 11) is 0. The standard InChI is InChI=1S/C7H13NO2/c9-7(10)4-3-6-2-1-5-8-6/h6,8H,1-5H2,(H,9,10)/t6-/m1/s1. The van der Waals surface area contributed by atoms with Crippen LogP contribution in [0.5, 0.6) is 0 Å². The quantitative estimate of drug-likeness (QED) is 0.509. The van der Waals surface area contributed by atoms with Crippen molar-refractivity contribution in [1.29, 1.82) is 0 Å². The van der Waals surface area contributed by atoms with Gasteiger partial charge in [0.15, 0.2) is 0 Å². The van der Waals surface area contributed by atoms with Gasteiger partial charge in [-0.25, -0.2) is 0 Å². The minimum atomic E-state index is -0.916. The van der Waals surface area contributed by atoms with E-state index in [0.717, 1.165) is 13.0 Å². The molecule has 2 N–H and O–H groups in total. The predicted molar refractivity (Wildman–Crippen MR) is 34.1 cm³/mol. The van der Waals surface area contributed by atoms with Crippen molar-refractivity contribution >= 4 is 5.97 Å². The number of carboxylic acids is 1. The summed E-state index contributed by atoms with van der Waals surface area (Å²) in [5.74, 6) is -0.916. The van der Waals surface area contributed by atoms with Crippen molar-refractivity contribution in [2.24, 2.45) is 0 Å². The van der Waals surface area contributed by atoms with Crippen molar-refractivity contribution in [3.63, 3.8) is 0 Å². The predicted octanol–water partition coefficient (Wildman–Crippen LogP) is -1.76. The smallest absolute Gasteiger partial charge is 0.0864 e. The molecule has 1 atom stereocenters. The molecular formula is C7H13NO2. The lowest BCUT2D eigenvalue weighted by Crippen LogP contribution is -2.86. The molecule has 10 heavy (non-hydrogen) atoms. The average Bonchev–Trinajstić information content (AvgIpc) is 2.34. The molecule has 0 unspecified atom stereocenters. The Morgan fingerprint density at radius 2 is 2.50 bits per heavy atom. The van der Waals surface area contributed by atoms with E-state index in [2.05, 4.69) is 5.32 Å². The second kappa shape index (κ2) is 3.56. The van der Waals surface area contributed by atoms with E-state index >= 15 is 0 Å². The number of nitrogens with two attached hydrogens (primary N) is 1. The van der Waals surface area contributed by atoms with Crippen molar-refractivity contribution in [2.75, 3.05) is 6.54 Å². The van der Waals surface area contributed by atoms with E-state index in [9.17, 15) is 9.90 Å². The van der Waals surface area contributed by atoms with E-state index in [-0.39, 0.29) is 6.42 Å². The van der Waals surface area contributed by atoms with Crippen molar-refractivity contribution in [3.8, 4) is 0 Å². The van der Waals surface area contributed by atoms with Gasteiger partial charge in [-0.2, -0.15) is 0 Å². The number of quaternary nitrogens is 1. The number of carbonyl (C=O) groups is 1. The molecule has 0 aromatic heterocycles. The molecule has 3 heteroatoms. The van der Waals surface area contributed by atoms with Crippen LogP contribution in [0, 0.1) is 0 Å². The Morgan fingerprint density at radius 1 is 1.70 bits per heavy atom. The molecule has 1 rings (SSSR count). The molecule has 3 nitrogen and oxygen atoms in total. The summed E-state index contributed by atoms with van der Waals surface area (Å²) >= 11 is 0. The molecule has 1 aliphatic heterocycles. The van der Waals surface area contributed by atoms with Crippen LogP contribution in [0.2, 0.25) is 0 Å². The van der Waals surface area contributed by atoms with Crippen LogP contribution in [0.1, 0.15) is 25.7 Å². The van der Waals surface area contributed by atoms with Crippen LogP contribution in [-0.2, 0) is 4.79 Å². The van der Waals surface area contributed by atoms with Gasteiger partial charge in [0, 0.05) is 25.2 Å². The maximum absolute atomic E-state index is 10.0. The Bertz CT molecular complexity index is 119. The third-order valence-corrected chi connectivity index (χ3v) is 2.00. The Kier molecular flexibility index (Phi) is 2.68. The minimum absolute atomic E-state index is 0.223. The van der Waals surface area contributed by atoms with Gasteiger partial charge in [0.2, 0.25) is 0 Å². The lowest BCUT2D eigenvalue weighted by Gasteiger charge is -2.06. The van der Waals surface area contributed by atoms with Crippen molar-refractivity contribution in [3.05, 3.63) is 0 Å². The second-order valence-corrected chi connectivity index (χ2v) is 2.84. The number of hydrogen-bond acceptors (Lipinski definition) is 2. The lowest BCUT2D eigenvalue weighted by atomic mass is 10.1. The zero-order chi connectivity index (χ0) is 7.40. The van der Waals surface area contributed by atoms with Crippen LogP contribution in [0.4, 0.5) is 0 Å². The van der Waals surface area contributed by atoms with Crippen LogP contribution < -0.4 is 10.4 Å². The molecule has 0 aliphatic carbocycles. The molecule has 0 spiro atoms. The van der Waals surface area contributed by atoms with Crippen LogP contribution in [0.3, 0.4) is 0 Å². The van der Waals surface area contributed by atoms with Gasteiger partial charge in [-0.1, -0.05) is 0 Å². The SMILES string of the molecule is O=C([O-])CC[C@H]1CCC[NH2+]1. The maximum atomic E-state index is 10.0. The molecule has 0 radical (unpaired) electrons. The van der Waals surface area contributed by atoms with Gasteiger partial charge in [0.05, 0.1) is 12.6 Å². The van der Waals surface area contributed by atoms with E-state index in [0.29, 0.717) is 6.04 Å². The maximum Gasteiger partial charge on any atom is 0.0864 e. The monoisotopic (exact) mass is 143 g/mol. The molecule has 0 aromatic rings. The zero-order valence-electron chi connectivity index (χ0n) is 6.01. The molecule has 1 fully saturated rings. The van der Waals surface area contributed by atoms with Gasteiger partial charge < -0.3 is 15.2 Å². The molecule has 0 amide bonds. The minimum Gasteiger partial charge on any atom is -0.550 e. The molecule has 1 aliphatic rings. The van der Waals surface area contributed by atoms with Crippen molar-refractivity contribution < 1.29 is 15.2 Å². The summed E-state index contributed by atoms with van der Waals surface area (Å²) in [6.45, 7) is 1.16. The third kappa shape index (κ3) is 2.35. The Hall–Kier alpha value is -0.570. The molecule has 1 saturated heterocycles. The third-order valence-electron chi connectivity index (χ3n) is 2.00. The first kappa shape index (κ1) is 7.54. The fourth-order valence-electron chi connectivity index (χ4n) is 1.42. The topological polar surface area (TPSA) is 56.7 Å². The van der Waals surface area contributed by atoms with Gasteiger partial charge in [0.25, 0.3) is 0 Å². The van der Waals surface area contributed by atoms with Gasteiger partial charge in [-0.3, -0.25) is 0 Å². The number of carbonyl (C=O) groups excluding carboxylic acids is 1. The lowest BCUT2D eigenvalue weighted by molar-refractivity contribution is -0.670. The van der Waals surface area contributed by atoms with Crippen molar-refractivity contribution in [1.82, 2.24) is 0 Å². The molecule has 0 bridgehead atoms. The zero-order valence-corrected chi connectivity index (χ0v) is 6.01. The second-order valence-electron chi connectivity index (χ2n) is 2.84. The fraction of sp³-hybridized carbons (Fsp3) is 0.857. The number of rotatable bonds is 3. The van der Waals surface area contributed by atoms with Gasteiger partial charge >= 0.3 is 0 Å². The summed E-state index contributed by atoms with van der Waals surface area (Å²) in [4.78, 5) is 10.0. The number of carboxylic acid groups (broad SMARTS) is 1. The highest BCUT2D eigenvalue weighted by molar-refractivity contribution is 5.64. The largest absolute Gasteiger partial charge is 0.550 e. The molecule has 58 valence electrons. The summed E-state index contributed by atoms with van der Waals surface area (Å²) < 4.78 is 0. The molecule has 0 saturated carbocycles. The fourth-order valence-corrected chi connectivity index (χ4v) is 1.42. The van der Waals surface area contributed by atoms with E-state index < -0.39 is 5.97 Å². The number of aliphatic carboxylic acids is 1. The highest BCUT2D eigenvalue weighted by atomic mass is 16.4. The van der Waals surface area contributed by atoms with E-state index in [1.54, 1.807) is 0 Å². The van der Waals surface area contributed by atoms with Crippen molar-refractivity contribution in [2.45, 2.75) is 31.7 Å². The van der Waals surface area contributed by atoms with E-state index in [1.807, 2.05) is 0 Å².